The van der Waals surface area contributed by atoms with Crippen LogP contribution in [0, 0.1) is 11.3 Å². The molecule has 0 spiro atoms. The average molecular weight is 266 g/mol. The normalized spacial score (nSPS) is 19.9. The summed E-state index contributed by atoms with van der Waals surface area (Å²) in [7, 11) is 0. The van der Waals surface area contributed by atoms with Crippen molar-refractivity contribution in [2.24, 2.45) is 0 Å². The van der Waals surface area contributed by atoms with Gasteiger partial charge >= 0.3 is 0 Å². The number of hydrogen-bond acceptors (Lipinski definition) is 6. The Labute approximate surface area is 109 Å². The van der Waals surface area contributed by atoms with Gasteiger partial charge in [0.1, 0.15) is 4.88 Å². The van der Waals surface area contributed by atoms with E-state index < -0.39 is 6.10 Å². The number of hydrogen-bond donors (Lipinski definition) is 0. The Hall–Kier alpha value is -1.52. The van der Waals surface area contributed by atoms with Gasteiger partial charge < -0.3 is 9.64 Å². The predicted octanol–water partition coefficient (Wildman–Crippen LogP) is 1.03. The van der Waals surface area contributed by atoms with Gasteiger partial charge in [0.15, 0.2) is 6.10 Å². The molecule has 0 bridgehead atoms. The van der Waals surface area contributed by atoms with Crippen molar-refractivity contribution in [2.45, 2.75) is 25.9 Å². The van der Waals surface area contributed by atoms with E-state index in [2.05, 4.69) is 9.59 Å². The number of nitrogens with zero attached hydrogens (tertiary/aromatic N) is 4. The largest absolute Gasteiger partial charge is 0.360 e. The smallest absolute Gasteiger partial charge is 0.267 e. The molecule has 1 aromatic rings. The highest BCUT2D eigenvalue weighted by atomic mass is 32.1. The van der Waals surface area contributed by atoms with Gasteiger partial charge in [-0.2, -0.15) is 5.26 Å². The molecule has 0 radical (unpaired) electrons. The first-order valence-corrected chi connectivity index (χ1v) is 6.53. The molecule has 1 atom stereocenters. The monoisotopic (exact) mass is 266 g/mol. The highest BCUT2D eigenvalue weighted by Gasteiger charge is 2.28. The number of morpholine rings is 1. The fraction of sp³-hybridized carbons (Fsp3) is 0.636. The summed E-state index contributed by atoms with van der Waals surface area (Å²) in [5.41, 5.74) is 0.727. The van der Waals surface area contributed by atoms with Crippen LogP contribution in [-0.2, 0) is 4.74 Å². The minimum absolute atomic E-state index is 0.0998. The maximum Gasteiger partial charge on any atom is 0.267 e. The van der Waals surface area contributed by atoms with Gasteiger partial charge in [0.05, 0.1) is 24.9 Å². The average Bonchev–Trinajstić information content (AvgIpc) is 2.87. The van der Waals surface area contributed by atoms with E-state index in [1.165, 1.54) is 0 Å². The molecule has 0 N–H and O–H groups in total. The first-order chi connectivity index (χ1) is 8.63. The fourth-order valence-electron chi connectivity index (χ4n) is 1.78. The maximum atomic E-state index is 12.3. The minimum atomic E-state index is -0.536. The summed E-state index contributed by atoms with van der Waals surface area (Å²) in [6.07, 6.45) is -0.536. The van der Waals surface area contributed by atoms with E-state index in [9.17, 15) is 4.79 Å². The van der Waals surface area contributed by atoms with Crippen LogP contribution in [0.25, 0.3) is 0 Å². The van der Waals surface area contributed by atoms with Crippen LogP contribution in [0.1, 0.15) is 35.1 Å². The Morgan fingerprint density at radius 2 is 2.44 bits per heavy atom. The highest BCUT2D eigenvalue weighted by Crippen LogP contribution is 2.22. The lowest BCUT2D eigenvalue weighted by atomic mass is 10.1. The van der Waals surface area contributed by atoms with Crippen molar-refractivity contribution >= 4 is 17.4 Å². The van der Waals surface area contributed by atoms with Crippen LogP contribution in [0.15, 0.2) is 0 Å². The van der Waals surface area contributed by atoms with Crippen LogP contribution in [-0.4, -0.2) is 46.2 Å². The molecule has 0 saturated carbocycles. The third-order valence-electron chi connectivity index (χ3n) is 2.75. The third kappa shape index (κ3) is 2.49. The van der Waals surface area contributed by atoms with Crippen molar-refractivity contribution < 1.29 is 9.53 Å². The molecular weight excluding hydrogens is 252 g/mol. The summed E-state index contributed by atoms with van der Waals surface area (Å²) in [6.45, 7) is 5.17. The van der Waals surface area contributed by atoms with Crippen molar-refractivity contribution in [3.8, 4) is 6.07 Å². The van der Waals surface area contributed by atoms with Gasteiger partial charge in [-0.3, -0.25) is 4.79 Å². The first kappa shape index (κ1) is 12.9. The molecule has 96 valence electrons. The molecule has 1 aliphatic heterocycles. The lowest BCUT2D eigenvalue weighted by molar-refractivity contribution is 0.00362. The van der Waals surface area contributed by atoms with Crippen LogP contribution in [0.5, 0.6) is 0 Å². The summed E-state index contributed by atoms with van der Waals surface area (Å²) in [5, 5.41) is 12.8. The Bertz CT molecular complexity index is 480. The molecular formula is C11H14N4O2S. The number of aromatic nitrogens is 2. The first-order valence-electron chi connectivity index (χ1n) is 5.76. The van der Waals surface area contributed by atoms with E-state index in [0.717, 1.165) is 17.2 Å². The molecule has 1 unspecified atom stereocenters. The molecule has 1 amide bonds. The zero-order valence-electron chi connectivity index (χ0n) is 10.3. The molecule has 1 saturated heterocycles. The van der Waals surface area contributed by atoms with E-state index in [-0.39, 0.29) is 11.8 Å². The van der Waals surface area contributed by atoms with Crippen molar-refractivity contribution in [1.29, 1.82) is 5.26 Å². The van der Waals surface area contributed by atoms with E-state index in [4.69, 9.17) is 10.00 Å². The number of nitriles is 1. The van der Waals surface area contributed by atoms with Crippen molar-refractivity contribution in [3.63, 3.8) is 0 Å². The van der Waals surface area contributed by atoms with Crippen molar-refractivity contribution in [2.75, 3.05) is 19.7 Å². The van der Waals surface area contributed by atoms with Crippen LogP contribution >= 0.6 is 11.5 Å². The lowest BCUT2D eigenvalue weighted by Crippen LogP contribution is -2.45. The minimum Gasteiger partial charge on any atom is -0.360 e. The topological polar surface area (TPSA) is 79.1 Å². The molecule has 1 fully saturated rings. The van der Waals surface area contributed by atoms with E-state index in [0.29, 0.717) is 24.6 Å². The molecule has 0 aliphatic carbocycles. The van der Waals surface area contributed by atoms with E-state index in [1.807, 2.05) is 19.9 Å². The van der Waals surface area contributed by atoms with Crippen LogP contribution in [0.3, 0.4) is 0 Å². The number of carbonyl (C=O) groups excluding carboxylic acids is 1. The zero-order chi connectivity index (χ0) is 13.1. The summed E-state index contributed by atoms with van der Waals surface area (Å²) in [6, 6.07) is 2.03. The molecule has 1 aromatic heterocycles. The van der Waals surface area contributed by atoms with Gasteiger partial charge in [0.25, 0.3) is 5.91 Å². The fourth-order valence-corrected chi connectivity index (χ4v) is 2.57. The number of rotatable bonds is 2. The molecule has 2 heterocycles. The predicted molar refractivity (Wildman–Crippen MR) is 65.3 cm³/mol. The van der Waals surface area contributed by atoms with Crippen molar-refractivity contribution in [1.82, 2.24) is 14.5 Å². The van der Waals surface area contributed by atoms with Gasteiger partial charge in [-0.25, -0.2) is 0 Å². The molecule has 1 aliphatic rings. The summed E-state index contributed by atoms with van der Waals surface area (Å²) >= 11 is 1.11. The lowest BCUT2D eigenvalue weighted by Gasteiger charge is -2.29. The van der Waals surface area contributed by atoms with E-state index in [1.54, 1.807) is 4.90 Å². The Kier molecular flexibility index (Phi) is 3.89. The van der Waals surface area contributed by atoms with Gasteiger partial charge in [0.2, 0.25) is 0 Å². The van der Waals surface area contributed by atoms with E-state index >= 15 is 0 Å². The SMILES string of the molecule is CC(C)c1nnsc1C(=O)N1CCOC(C#N)C1. The quantitative estimate of drug-likeness (QED) is 0.798. The second kappa shape index (κ2) is 5.42. The maximum absolute atomic E-state index is 12.3. The van der Waals surface area contributed by atoms with Gasteiger partial charge in [-0.15, -0.1) is 5.10 Å². The number of amides is 1. The molecule has 0 aromatic carbocycles. The Balaban J connectivity index is 2.16. The van der Waals surface area contributed by atoms with Gasteiger partial charge in [-0.05, 0) is 17.5 Å². The standard InChI is InChI=1S/C11H14N4O2S/c1-7(2)9-10(18-14-13-9)11(16)15-3-4-17-8(5-12)6-15/h7-8H,3-4,6H2,1-2H3. The zero-order valence-corrected chi connectivity index (χ0v) is 11.1. The molecule has 18 heavy (non-hydrogen) atoms. The van der Waals surface area contributed by atoms with Crippen molar-refractivity contribution in [3.05, 3.63) is 10.6 Å². The molecule has 2 rings (SSSR count). The van der Waals surface area contributed by atoms with Gasteiger partial charge in [-0.1, -0.05) is 18.3 Å². The second-order valence-corrected chi connectivity index (χ2v) is 5.14. The molecule has 6 nitrogen and oxygen atoms in total. The third-order valence-corrected chi connectivity index (χ3v) is 3.48. The number of ether oxygens (including phenoxy) is 1. The highest BCUT2D eigenvalue weighted by molar-refractivity contribution is 7.08. The Morgan fingerprint density at radius 1 is 1.67 bits per heavy atom. The Morgan fingerprint density at radius 3 is 3.11 bits per heavy atom. The van der Waals surface area contributed by atoms with Crippen LogP contribution in [0.4, 0.5) is 0 Å². The van der Waals surface area contributed by atoms with Crippen LogP contribution in [0.2, 0.25) is 0 Å². The summed E-state index contributed by atoms with van der Waals surface area (Å²) in [4.78, 5) is 14.5. The van der Waals surface area contributed by atoms with Crippen LogP contribution < -0.4 is 0 Å². The number of carbonyl (C=O) groups is 1. The summed E-state index contributed by atoms with van der Waals surface area (Å²) in [5.74, 6) is 0.0627. The van der Waals surface area contributed by atoms with Gasteiger partial charge in [0, 0.05) is 6.54 Å². The molecule has 7 heteroatoms. The second-order valence-electron chi connectivity index (χ2n) is 4.38. The summed E-state index contributed by atoms with van der Waals surface area (Å²) < 4.78 is 9.07.